The van der Waals surface area contributed by atoms with Crippen LogP contribution in [-0.2, 0) is 6.42 Å². The zero-order valence-electron chi connectivity index (χ0n) is 30.7. The number of unbranched alkanes of at least 4 members (excludes halogenated alkanes) is 4. The van der Waals surface area contributed by atoms with Gasteiger partial charge in [-0.05, 0) is 101 Å². The summed E-state index contributed by atoms with van der Waals surface area (Å²) in [4.78, 5) is 38.2. The van der Waals surface area contributed by atoms with Crippen LogP contribution >= 0.6 is 11.6 Å². The van der Waals surface area contributed by atoms with Gasteiger partial charge in [0.1, 0.15) is 0 Å². The molecular weight excluding hydrogens is 670 g/mol. The molecule has 286 valence electrons. The number of halogens is 1. The Balaban J connectivity index is 1.42. The average Bonchev–Trinajstić information content (AvgIpc) is 3.12. The predicted octanol–water partition coefficient (Wildman–Crippen LogP) is 3.61. The van der Waals surface area contributed by atoms with Crippen molar-refractivity contribution in [3.05, 3.63) is 46.2 Å². The first kappa shape index (κ1) is 42.2. The van der Waals surface area contributed by atoms with E-state index in [1.165, 1.54) is 30.4 Å². The van der Waals surface area contributed by atoms with Crippen molar-refractivity contribution >= 4 is 35.2 Å². The lowest BCUT2D eigenvalue weighted by Crippen LogP contribution is -2.47. The number of rotatable bonds is 23. The zero-order valence-corrected chi connectivity index (χ0v) is 31.5. The predicted molar refractivity (Wildman–Crippen MR) is 205 cm³/mol. The van der Waals surface area contributed by atoms with Crippen LogP contribution in [0.3, 0.4) is 0 Å². The molecule has 0 spiro atoms. The number of piperidine rings is 1. The number of carbonyl (C=O) groups excluding carboxylic acids is 2. The Morgan fingerprint density at radius 3 is 2.43 bits per heavy atom. The van der Waals surface area contributed by atoms with Crippen molar-refractivity contribution in [1.82, 2.24) is 35.7 Å². The summed E-state index contributed by atoms with van der Waals surface area (Å²) in [5.41, 5.74) is 14.0. The number of nitrogens with one attached hydrogen (secondary N) is 3. The monoisotopic (exact) mass is 731 g/mol. The molecule has 2 aromatic rings. The maximum atomic E-state index is 13.0. The van der Waals surface area contributed by atoms with Crippen LogP contribution in [0.4, 0.5) is 16.4 Å². The smallest absolute Gasteiger partial charge is 0.317 e. The Bertz CT molecular complexity index is 1330. The molecule has 2 atom stereocenters. The lowest BCUT2D eigenvalue weighted by Gasteiger charge is -2.33. The largest absolute Gasteiger partial charge is 0.394 e. The summed E-state index contributed by atoms with van der Waals surface area (Å²) in [6, 6.07) is 8.26. The molecule has 3 amide bonds. The van der Waals surface area contributed by atoms with Gasteiger partial charge in [-0.2, -0.15) is 0 Å². The zero-order chi connectivity index (χ0) is 37.0. The van der Waals surface area contributed by atoms with Crippen molar-refractivity contribution < 1.29 is 19.8 Å². The molecule has 2 heterocycles. The van der Waals surface area contributed by atoms with Crippen LogP contribution in [0.1, 0.15) is 86.3 Å². The average molecular weight is 732 g/mol. The number of urea groups is 1. The van der Waals surface area contributed by atoms with E-state index in [1.54, 1.807) is 0 Å². The quantitative estimate of drug-likeness (QED) is 0.0830. The molecule has 1 aromatic heterocycles. The molecule has 1 aliphatic rings. The van der Waals surface area contributed by atoms with E-state index in [4.69, 9.17) is 28.2 Å². The SMILES string of the molecule is CCCCCCN(CCCC[C@H](O)CO)CCNC(=O)N1CCC(CNC[C@H](CNC(=O)c2nc(Cl)c(N)nc2N)Cc2ccccc2C)CC1. The van der Waals surface area contributed by atoms with E-state index in [9.17, 15) is 14.7 Å². The van der Waals surface area contributed by atoms with Gasteiger partial charge >= 0.3 is 6.03 Å². The molecule has 1 aromatic carbocycles. The second-order valence-electron chi connectivity index (χ2n) is 13.9. The molecule has 0 radical (unpaired) electrons. The third kappa shape index (κ3) is 15.5. The number of hydrogen-bond acceptors (Lipinski definition) is 10. The van der Waals surface area contributed by atoms with Gasteiger partial charge in [-0.25, -0.2) is 14.8 Å². The van der Waals surface area contributed by atoms with Crippen molar-refractivity contribution in [2.24, 2.45) is 11.8 Å². The summed E-state index contributed by atoms with van der Waals surface area (Å²) in [7, 11) is 0. The third-order valence-corrected chi connectivity index (χ3v) is 9.99. The molecule has 1 saturated heterocycles. The van der Waals surface area contributed by atoms with Crippen molar-refractivity contribution in [3.8, 4) is 0 Å². The Morgan fingerprint density at radius 1 is 1.00 bits per heavy atom. The highest BCUT2D eigenvalue weighted by molar-refractivity contribution is 6.31. The Morgan fingerprint density at radius 2 is 1.73 bits per heavy atom. The summed E-state index contributed by atoms with van der Waals surface area (Å²) in [6.45, 7) is 10.9. The van der Waals surface area contributed by atoms with E-state index >= 15 is 0 Å². The van der Waals surface area contributed by atoms with Gasteiger partial charge in [0.15, 0.2) is 22.5 Å². The minimum atomic E-state index is -0.638. The van der Waals surface area contributed by atoms with E-state index < -0.39 is 12.0 Å². The fraction of sp³-hybridized carbons (Fsp3) is 0.676. The molecule has 0 bridgehead atoms. The normalized spacial score (nSPS) is 14.8. The maximum absolute atomic E-state index is 13.0. The van der Waals surface area contributed by atoms with Crippen LogP contribution in [0.5, 0.6) is 0 Å². The van der Waals surface area contributed by atoms with Crippen LogP contribution in [0, 0.1) is 18.8 Å². The summed E-state index contributed by atoms with van der Waals surface area (Å²) in [5.74, 6) is 0.0357. The van der Waals surface area contributed by atoms with E-state index in [0.29, 0.717) is 32.0 Å². The fourth-order valence-corrected chi connectivity index (χ4v) is 6.59. The topological polar surface area (TPSA) is 195 Å². The van der Waals surface area contributed by atoms with Gasteiger partial charge in [0.2, 0.25) is 0 Å². The first-order valence-electron chi connectivity index (χ1n) is 18.8. The number of aromatic nitrogens is 2. The van der Waals surface area contributed by atoms with Gasteiger partial charge in [-0.1, -0.05) is 62.1 Å². The molecule has 51 heavy (non-hydrogen) atoms. The van der Waals surface area contributed by atoms with E-state index in [2.05, 4.69) is 56.8 Å². The first-order valence-corrected chi connectivity index (χ1v) is 19.1. The van der Waals surface area contributed by atoms with Crippen LogP contribution in [-0.4, -0.2) is 114 Å². The van der Waals surface area contributed by atoms with Gasteiger partial charge < -0.3 is 47.4 Å². The molecule has 3 rings (SSSR count). The fourth-order valence-electron chi connectivity index (χ4n) is 6.46. The Kier molecular flexibility index (Phi) is 19.3. The second-order valence-corrected chi connectivity index (χ2v) is 14.3. The van der Waals surface area contributed by atoms with Crippen molar-refractivity contribution in [3.63, 3.8) is 0 Å². The Labute approximate surface area is 309 Å². The molecule has 0 unspecified atom stereocenters. The number of anilines is 2. The minimum Gasteiger partial charge on any atom is -0.394 e. The Hall–Kier alpha value is -3.23. The minimum absolute atomic E-state index is 0.000151. The van der Waals surface area contributed by atoms with Gasteiger partial charge in [0.05, 0.1) is 12.7 Å². The standard InChI is InChI=1S/C37H62ClN9O4/c1-3-4-5-9-17-46(18-10-8-13-31(49)26-48)21-16-42-37(51)47-19-14-28(15-20-47)23-41-24-29(22-30-12-7-6-11-27(30)2)25-43-36(50)32-34(39)45-35(40)33(38)44-32/h6-7,11-12,28-29,31,41,48-49H,3-5,8-10,13-26H2,1-2H3,(H,42,51)(H,43,50)(H4,39,40,45)/t29-,31+/m1/s1. The maximum Gasteiger partial charge on any atom is 0.317 e. The van der Waals surface area contributed by atoms with Crippen LogP contribution in [0.2, 0.25) is 5.15 Å². The number of carbonyl (C=O) groups is 2. The highest BCUT2D eigenvalue weighted by Gasteiger charge is 2.24. The van der Waals surface area contributed by atoms with Gasteiger partial charge in [-0.3, -0.25) is 4.79 Å². The molecule has 9 N–H and O–H groups in total. The highest BCUT2D eigenvalue weighted by atomic mass is 35.5. The number of amides is 3. The number of likely N-dealkylation sites (tertiary alicyclic amines) is 1. The molecular formula is C37H62ClN9O4. The lowest BCUT2D eigenvalue weighted by molar-refractivity contribution is 0.0852. The van der Waals surface area contributed by atoms with Crippen molar-refractivity contribution in [2.45, 2.75) is 84.2 Å². The van der Waals surface area contributed by atoms with Crippen LogP contribution < -0.4 is 27.4 Å². The number of aryl methyl sites for hydroxylation is 1. The summed E-state index contributed by atoms with van der Waals surface area (Å²) >= 11 is 5.99. The molecule has 0 saturated carbocycles. The van der Waals surface area contributed by atoms with Crippen LogP contribution in [0.15, 0.2) is 24.3 Å². The first-order chi connectivity index (χ1) is 24.6. The number of nitrogens with two attached hydrogens (primary N) is 2. The molecule has 13 nitrogen and oxygen atoms in total. The number of benzene rings is 1. The number of nitrogens with zero attached hydrogens (tertiary/aromatic N) is 4. The van der Waals surface area contributed by atoms with E-state index in [0.717, 1.165) is 77.8 Å². The molecule has 0 aliphatic carbocycles. The molecule has 1 fully saturated rings. The van der Waals surface area contributed by atoms with Crippen LogP contribution in [0.25, 0.3) is 0 Å². The molecule has 14 heteroatoms. The van der Waals surface area contributed by atoms with E-state index in [1.807, 2.05) is 17.0 Å². The summed E-state index contributed by atoms with van der Waals surface area (Å²) in [5, 5.41) is 28.4. The van der Waals surface area contributed by atoms with E-state index in [-0.39, 0.29) is 41.0 Å². The highest BCUT2D eigenvalue weighted by Crippen LogP contribution is 2.19. The second kappa shape index (κ2) is 23.4. The molecule has 1 aliphatic heterocycles. The number of aliphatic hydroxyl groups excluding tert-OH is 2. The summed E-state index contributed by atoms with van der Waals surface area (Å²) in [6.07, 6.45) is 9.24. The number of nitrogen functional groups attached to an aromatic ring is 2. The van der Waals surface area contributed by atoms with Gasteiger partial charge in [0.25, 0.3) is 5.91 Å². The van der Waals surface area contributed by atoms with Gasteiger partial charge in [-0.15, -0.1) is 0 Å². The van der Waals surface area contributed by atoms with Crippen molar-refractivity contribution in [2.75, 3.05) is 77.0 Å². The summed E-state index contributed by atoms with van der Waals surface area (Å²) < 4.78 is 0. The van der Waals surface area contributed by atoms with Gasteiger partial charge in [0, 0.05) is 32.7 Å². The third-order valence-electron chi connectivity index (χ3n) is 9.71. The number of aliphatic hydroxyl groups is 2. The van der Waals surface area contributed by atoms with Crippen molar-refractivity contribution in [1.29, 1.82) is 0 Å². The lowest BCUT2D eigenvalue weighted by atomic mass is 9.94. The number of hydrogen-bond donors (Lipinski definition) is 7.